The van der Waals surface area contributed by atoms with Gasteiger partial charge in [0.2, 0.25) is 0 Å². The first-order valence-electron chi connectivity index (χ1n) is 3.71. The summed E-state index contributed by atoms with van der Waals surface area (Å²) in [5.41, 5.74) is 2.55. The molecule has 0 unspecified atom stereocenters. The molecule has 64 valence electrons. The van der Waals surface area contributed by atoms with Crippen molar-refractivity contribution < 1.29 is 0 Å². The molecular weight excluding hydrogens is 280 g/mol. The van der Waals surface area contributed by atoms with Crippen molar-refractivity contribution in [1.82, 2.24) is 0 Å². The quantitative estimate of drug-likeness (QED) is 0.714. The summed E-state index contributed by atoms with van der Waals surface area (Å²) in [7, 11) is 0. The molecule has 0 fully saturated rings. The van der Waals surface area contributed by atoms with Crippen LogP contribution in [0.1, 0.15) is 12.5 Å². The fraction of sp³-hybridized carbons (Fsp3) is 0.200. The average Bonchev–Trinajstić information content (AvgIpc) is 2.09. The van der Waals surface area contributed by atoms with Crippen molar-refractivity contribution in [3.8, 4) is 0 Å². The molecule has 0 heterocycles. The molecule has 2 heteroatoms. The summed E-state index contributed by atoms with van der Waals surface area (Å²) in [4.78, 5) is 0. The van der Waals surface area contributed by atoms with Gasteiger partial charge in [-0.15, -0.1) is 0 Å². The van der Waals surface area contributed by atoms with Crippen LogP contribution in [-0.2, 0) is 0 Å². The molecule has 0 aliphatic carbocycles. The summed E-state index contributed by atoms with van der Waals surface area (Å²) < 4.78 is 1.14. The van der Waals surface area contributed by atoms with Crippen LogP contribution < -0.4 is 0 Å². The second-order valence-corrected chi connectivity index (χ2v) is 4.06. The zero-order valence-corrected chi connectivity index (χ0v) is 10.0. The van der Waals surface area contributed by atoms with E-state index in [0.29, 0.717) is 0 Å². The van der Waals surface area contributed by atoms with Crippen molar-refractivity contribution in [2.45, 2.75) is 6.92 Å². The fourth-order valence-electron chi connectivity index (χ4n) is 0.896. The topological polar surface area (TPSA) is 0 Å². The van der Waals surface area contributed by atoms with E-state index in [0.717, 1.165) is 9.80 Å². The van der Waals surface area contributed by atoms with Crippen LogP contribution >= 0.6 is 31.9 Å². The van der Waals surface area contributed by atoms with Gasteiger partial charge in [0.05, 0.1) is 0 Å². The van der Waals surface area contributed by atoms with Gasteiger partial charge in [0.1, 0.15) is 0 Å². The maximum Gasteiger partial charge on any atom is 0.0247 e. The highest BCUT2D eigenvalue weighted by Crippen LogP contribution is 2.19. The van der Waals surface area contributed by atoms with Crippen molar-refractivity contribution in [2.24, 2.45) is 0 Å². The predicted octanol–water partition coefficient (Wildman–Crippen LogP) is 4.25. The number of hydrogen-bond donors (Lipinski definition) is 0. The van der Waals surface area contributed by atoms with Gasteiger partial charge in [-0.3, -0.25) is 0 Å². The number of hydrogen-bond acceptors (Lipinski definition) is 0. The smallest absolute Gasteiger partial charge is 0.0247 e. The Labute approximate surface area is 89.9 Å². The minimum Gasteiger partial charge on any atom is -0.0880 e. The second-order valence-electron chi connectivity index (χ2n) is 2.65. The molecule has 1 rings (SSSR count). The Kier molecular flexibility index (Phi) is 4.02. The third kappa shape index (κ3) is 2.76. The van der Waals surface area contributed by atoms with E-state index in [2.05, 4.69) is 50.9 Å². The molecular formula is C10H10Br2. The summed E-state index contributed by atoms with van der Waals surface area (Å²) in [6.45, 7) is 2.11. The van der Waals surface area contributed by atoms with Crippen molar-refractivity contribution in [3.05, 3.63) is 39.9 Å². The maximum absolute atomic E-state index is 3.49. The molecule has 0 saturated carbocycles. The third-order valence-corrected chi connectivity index (χ3v) is 3.12. The van der Waals surface area contributed by atoms with Gasteiger partial charge in [-0.05, 0) is 18.6 Å². The number of allylic oxidation sites excluding steroid dienone is 1. The first-order valence-corrected chi connectivity index (χ1v) is 5.63. The molecule has 0 aromatic heterocycles. The summed E-state index contributed by atoms with van der Waals surface area (Å²) in [5, 5.41) is 0.925. The lowest BCUT2D eigenvalue weighted by Gasteiger charge is -1.98. The van der Waals surface area contributed by atoms with Crippen LogP contribution in [0.2, 0.25) is 0 Å². The molecule has 0 N–H and O–H groups in total. The molecule has 0 amide bonds. The molecule has 0 spiro atoms. The van der Waals surface area contributed by atoms with E-state index < -0.39 is 0 Å². The van der Waals surface area contributed by atoms with Crippen molar-refractivity contribution >= 4 is 37.9 Å². The minimum absolute atomic E-state index is 0.925. The highest BCUT2D eigenvalue weighted by molar-refractivity contribution is 9.10. The second kappa shape index (κ2) is 4.83. The van der Waals surface area contributed by atoms with Crippen molar-refractivity contribution in [3.63, 3.8) is 0 Å². The van der Waals surface area contributed by atoms with Crippen molar-refractivity contribution in [1.29, 1.82) is 0 Å². The molecule has 0 aliphatic rings. The fourth-order valence-corrected chi connectivity index (χ4v) is 1.46. The van der Waals surface area contributed by atoms with Gasteiger partial charge in [-0.1, -0.05) is 61.7 Å². The summed E-state index contributed by atoms with van der Waals surface area (Å²) >= 11 is 6.91. The molecule has 1 aromatic rings. The Balaban J connectivity index is 2.96. The molecule has 0 saturated heterocycles. The van der Waals surface area contributed by atoms with E-state index in [4.69, 9.17) is 0 Å². The van der Waals surface area contributed by atoms with Gasteiger partial charge in [0, 0.05) is 9.80 Å². The van der Waals surface area contributed by atoms with Crippen LogP contribution in [0.4, 0.5) is 0 Å². The van der Waals surface area contributed by atoms with E-state index >= 15 is 0 Å². The van der Waals surface area contributed by atoms with Gasteiger partial charge in [0.25, 0.3) is 0 Å². The molecule has 0 aliphatic heterocycles. The SMILES string of the molecule is CC(=Cc1ccccc1Br)CBr. The van der Waals surface area contributed by atoms with Gasteiger partial charge in [-0.25, -0.2) is 0 Å². The van der Waals surface area contributed by atoms with Crippen molar-refractivity contribution in [2.75, 3.05) is 5.33 Å². The van der Waals surface area contributed by atoms with Gasteiger partial charge in [-0.2, -0.15) is 0 Å². The summed E-state index contributed by atoms with van der Waals surface area (Å²) in [5.74, 6) is 0. The molecule has 0 bridgehead atoms. The lowest BCUT2D eigenvalue weighted by Crippen LogP contribution is -1.78. The normalized spacial score (nSPS) is 11.8. The molecule has 12 heavy (non-hydrogen) atoms. The monoisotopic (exact) mass is 288 g/mol. The number of halogens is 2. The zero-order chi connectivity index (χ0) is 8.97. The first kappa shape index (κ1) is 10.0. The van der Waals surface area contributed by atoms with Crippen LogP contribution in [0, 0.1) is 0 Å². The Morgan fingerprint density at radius 3 is 2.67 bits per heavy atom. The van der Waals surface area contributed by atoms with Gasteiger partial charge < -0.3 is 0 Å². The number of benzene rings is 1. The van der Waals surface area contributed by atoms with E-state index in [1.807, 2.05) is 18.2 Å². The van der Waals surface area contributed by atoms with Crippen LogP contribution in [0.5, 0.6) is 0 Å². The van der Waals surface area contributed by atoms with Crippen LogP contribution in [0.3, 0.4) is 0 Å². The van der Waals surface area contributed by atoms with E-state index in [-0.39, 0.29) is 0 Å². The Morgan fingerprint density at radius 2 is 2.08 bits per heavy atom. The zero-order valence-electron chi connectivity index (χ0n) is 6.85. The molecule has 1 aromatic carbocycles. The van der Waals surface area contributed by atoms with E-state index in [1.165, 1.54) is 11.1 Å². The number of rotatable bonds is 2. The summed E-state index contributed by atoms with van der Waals surface area (Å²) in [6, 6.07) is 8.20. The Morgan fingerprint density at radius 1 is 1.42 bits per heavy atom. The van der Waals surface area contributed by atoms with E-state index in [9.17, 15) is 0 Å². The average molecular weight is 290 g/mol. The predicted molar refractivity (Wildman–Crippen MR) is 61.6 cm³/mol. The van der Waals surface area contributed by atoms with Gasteiger partial charge in [0.15, 0.2) is 0 Å². The van der Waals surface area contributed by atoms with Crippen LogP contribution in [0.15, 0.2) is 34.3 Å². The van der Waals surface area contributed by atoms with Gasteiger partial charge >= 0.3 is 0 Å². The van der Waals surface area contributed by atoms with Crippen LogP contribution in [0.25, 0.3) is 6.08 Å². The summed E-state index contributed by atoms with van der Waals surface area (Å²) in [6.07, 6.45) is 2.17. The highest BCUT2D eigenvalue weighted by Gasteiger charge is 1.94. The molecule has 0 radical (unpaired) electrons. The van der Waals surface area contributed by atoms with E-state index in [1.54, 1.807) is 0 Å². The minimum atomic E-state index is 0.925. The molecule has 0 atom stereocenters. The highest BCUT2D eigenvalue weighted by atomic mass is 79.9. The standard InChI is InChI=1S/C10H10Br2/c1-8(7-11)6-9-4-2-3-5-10(9)12/h2-6H,7H2,1H3. The Hall–Kier alpha value is -0.0800. The lowest BCUT2D eigenvalue weighted by atomic mass is 10.1. The maximum atomic E-state index is 3.49. The largest absolute Gasteiger partial charge is 0.0880 e. The molecule has 0 nitrogen and oxygen atoms in total. The lowest BCUT2D eigenvalue weighted by molar-refractivity contribution is 1.44. The first-order chi connectivity index (χ1) is 5.74. The number of alkyl halides is 1. The van der Waals surface area contributed by atoms with Crippen LogP contribution in [-0.4, -0.2) is 5.33 Å². The third-order valence-electron chi connectivity index (χ3n) is 1.52. The Bertz CT molecular complexity index is 290.